The van der Waals surface area contributed by atoms with Crippen LogP contribution in [0, 0.1) is 24.0 Å². The summed E-state index contributed by atoms with van der Waals surface area (Å²) in [5.74, 6) is 0.0728. The molecule has 7 heteroatoms. The monoisotopic (exact) mass is 296 g/mol. The molecule has 1 rings (SSSR count). The van der Waals surface area contributed by atoms with Crippen LogP contribution in [0.1, 0.15) is 18.1 Å². The Morgan fingerprint density at radius 3 is 2.67 bits per heavy atom. The molecule has 0 unspecified atom stereocenters. The molecule has 0 aromatic heterocycles. The van der Waals surface area contributed by atoms with Gasteiger partial charge in [0.1, 0.15) is 5.75 Å². The molecule has 116 valence electrons. The van der Waals surface area contributed by atoms with Crippen molar-refractivity contribution in [2.75, 3.05) is 20.3 Å². The Kier molecular flexibility index (Phi) is 6.10. The highest BCUT2D eigenvalue weighted by Crippen LogP contribution is 2.30. The van der Waals surface area contributed by atoms with Gasteiger partial charge in [0.15, 0.2) is 6.61 Å². The molecule has 0 aliphatic carbocycles. The maximum Gasteiger partial charge on any atom is 0.276 e. The van der Waals surface area contributed by atoms with E-state index in [0.29, 0.717) is 17.9 Å². The summed E-state index contributed by atoms with van der Waals surface area (Å²) in [6.07, 6.45) is 0. The molecule has 0 heterocycles. The highest BCUT2D eigenvalue weighted by Gasteiger charge is 2.18. The van der Waals surface area contributed by atoms with Gasteiger partial charge in [-0.1, -0.05) is 0 Å². The van der Waals surface area contributed by atoms with Gasteiger partial charge in [-0.15, -0.1) is 0 Å². The third-order valence-corrected chi connectivity index (χ3v) is 2.94. The number of nitrogens with one attached hydrogen (secondary N) is 1. The Balaban J connectivity index is 2.73. The van der Waals surface area contributed by atoms with E-state index in [1.54, 1.807) is 27.0 Å². The Labute approximate surface area is 123 Å². The standard InChI is InChI=1S/C14H20N2O5/c1-9-5-6-12(16(18)19)11(3)14(9)21-8-13(17)15-10(2)7-20-4/h5-6,10H,7-8H2,1-4H3,(H,15,17)/t10-/m1/s1. The lowest BCUT2D eigenvalue weighted by Gasteiger charge is -2.15. The van der Waals surface area contributed by atoms with Gasteiger partial charge in [0.25, 0.3) is 11.6 Å². The number of nitro groups is 1. The van der Waals surface area contributed by atoms with Crippen molar-refractivity contribution in [3.05, 3.63) is 33.4 Å². The second kappa shape index (κ2) is 7.58. The number of benzene rings is 1. The van der Waals surface area contributed by atoms with Crippen molar-refractivity contribution in [2.45, 2.75) is 26.8 Å². The second-order valence-corrected chi connectivity index (χ2v) is 4.83. The first-order chi connectivity index (χ1) is 9.86. The summed E-state index contributed by atoms with van der Waals surface area (Å²) in [4.78, 5) is 22.1. The summed E-state index contributed by atoms with van der Waals surface area (Å²) < 4.78 is 10.4. The van der Waals surface area contributed by atoms with E-state index in [1.807, 2.05) is 6.92 Å². The summed E-state index contributed by atoms with van der Waals surface area (Å²) >= 11 is 0. The molecule has 1 amide bonds. The number of hydrogen-bond donors (Lipinski definition) is 1. The van der Waals surface area contributed by atoms with Gasteiger partial charge in [-0.3, -0.25) is 14.9 Å². The summed E-state index contributed by atoms with van der Waals surface area (Å²) in [7, 11) is 1.55. The van der Waals surface area contributed by atoms with E-state index in [2.05, 4.69) is 5.32 Å². The average molecular weight is 296 g/mol. The fraction of sp³-hybridized carbons (Fsp3) is 0.500. The van der Waals surface area contributed by atoms with Crippen molar-refractivity contribution in [1.29, 1.82) is 0 Å². The zero-order valence-electron chi connectivity index (χ0n) is 12.6. The molecule has 0 radical (unpaired) electrons. The third kappa shape index (κ3) is 4.71. The number of nitrogens with zero attached hydrogens (tertiary/aromatic N) is 1. The third-order valence-electron chi connectivity index (χ3n) is 2.94. The van der Waals surface area contributed by atoms with Gasteiger partial charge in [0.2, 0.25) is 0 Å². The van der Waals surface area contributed by atoms with Crippen molar-refractivity contribution >= 4 is 11.6 Å². The van der Waals surface area contributed by atoms with Crippen LogP contribution in [0.2, 0.25) is 0 Å². The Morgan fingerprint density at radius 1 is 1.43 bits per heavy atom. The first kappa shape index (κ1) is 16.9. The minimum absolute atomic E-state index is 0.0243. The average Bonchev–Trinajstić information content (AvgIpc) is 2.38. The topological polar surface area (TPSA) is 90.7 Å². The van der Waals surface area contributed by atoms with E-state index in [4.69, 9.17) is 9.47 Å². The zero-order valence-corrected chi connectivity index (χ0v) is 12.6. The van der Waals surface area contributed by atoms with E-state index in [0.717, 1.165) is 5.56 Å². The minimum Gasteiger partial charge on any atom is -0.483 e. The van der Waals surface area contributed by atoms with Crippen LogP contribution >= 0.6 is 0 Å². The number of nitro benzene ring substituents is 1. The van der Waals surface area contributed by atoms with E-state index < -0.39 is 4.92 Å². The van der Waals surface area contributed by atoms with Crippen LogP contribution in [0.4, 0.5) is 5.69 Å². The maximum absolute atomic E-state index is 11.7. The molecule has 7 nitrogen and oxygen atoms in total. The highest BCUT2D eigenvalue weighted by atomic mass is 16.6. The minimum atomic E-state index is -0.470. The van der Waals surface area contributed by atoms with Crippen molar-refractivity contribution in [1.82, 2.24) is 5.32 Å². The molecular weight excluding hydrogens is 276 g/mol. The smallest absolute Gasteiger partial charge is 0.276 e. The molecule has 0 aliphatic heterocycles. The number of carbonyl (C=O) groups excluding carboxylic acids is 1. The summed E-state index contributed by atoms with van der Waals surface area (Å²) in [6.45, 7) is 5.40. The molecule has 1 aromatic carbocycles. The SMILES string of the molecule is COC[C@@H](C)NC(=O)COc1c(C)ccc([N+](=O)[O-])c1C. The molecule has 1 aromatic rings. The van der Waals surface area contributed by atoms with Gasteiger partial charge in [-0.05, 0) is 32.4 Å². The first-order valence-electron chi connectivity index (χ1n) is 6.52. The van der Waals surface area contributed by atoms with Gasteiger partial charge in [-0.2, -0.15) is 0 Å². The molecule has 0 bridgehead atoms. The van der Waals surface area contributed by atoms with Crippen LogP contribution in [-0.4, -0.2) is 37.2 Å². The number of hydrogen-bond acceptors (Lipinski definition) is 5. The van der Waals surface area contributed by atoms with Gasteiger partial charge in [0, 0.05) is 19.2 Å². The van der Waals surface area contributed by atoms with Crippen LogP contribution in [0.25, 0.3) is 0 Å². The Bertz CT molecular complexity index is 530. The van der Waals surface area contributed by atoms with Crippen molar-refractivity contribution in [2.24, 2.45) is 0 Å². The fourth-order valence-electron chi connectivity index (χ4n) is 1.98. The van der Waals surface area contributed by atoms with E-state index in [-0.39, 0.29) is 24.2 Å². The van der Waals surface area contributed by atoms with Crippen molar-refractivity contribution < 1.29 is 19.2 Å². The lowest BCUT2D eigenvalue weighted by molar-refractivity contribution is -0.385. The van der Waals surface area contributed by atoms with E-state index in [9.17, 15) is 14.9 Å². The number of methoxy groups -OCH3 is 1. The number of ether oxygens (including phenoxy) is 2. The molecule has 1 N–H and O–H groups in total. The molecule has 0 spiro atoms. The number of amides is 1. The number of carbonyl (C=O) groups is 1. The molecule has 0 saturated heterocycles. The van der Waals surface area contributed by atoms with Crippen LogP contribution in [0.5, 0.6) is 5.75 Å². The first-order valence-corrected chi connectivity index (χ1v) is 6.52. The Morgan fingerprint density at radius 2 is 2.10 bits per heavy atom. The molecule has 21 heavy (non-hydrogen) atoms. The number of aryl methyl sites for hydroxylation is 1. The van der Waals surface area contributed by atoms with E-state index >= 15 is 0 Å². The van der Waals surface area contributed by atoms with Gasteiger partial charge >= 0.3 is 0 Å². The molecule has 0 fully saturated rings. The molecule has 1 atom stereocenters. The zero-order chi connectivity index (χ0) is 16.0. The second-order valence-electron chi connectivity index (χ2n) is 4.83. The fourth-order valence-corrected chi connectivity index (χ4v) is 1.98. The van der Waals surface area contributed by atoms with Crippen LogP contribution in [0.15, 0.2) is 12.1 Å². The van der Waals surface area contributed by atoms with Crippen LogP contribution < -0.4 is 10.1 Å². The van der Waals surface area contributed by atoms with Gasteiger partial charge in [0.05, 0.1) is 17.1 Å². The van der Waals surface area contributed by atoms with Gasteiger partial charge < -0.3 is 14.8 Å². The highest BCUT2D eigenvalue weighted by molar-refractivity contribution is 5.78. The summed E-state index contributed by atoms with van der Waals surface area (Å²) in [6, 6.07) is 2.91. The molecule has 0 aliphatic rings. The normalized spacial score (nSPS) is 11.8. The Hall–Kier alpha value is -2.15. The maximum atomic E-state index is 11.7. The van der Waals surface area contributed by atoms with Gasteiger partial charge in [-0.25, -0.2) is 0 Å². The van der Waals surface area contributed by atoms with Crippen molar-refractivity contribution in [3.63, 3.8) is 0 Å². The predicted octanol–water partition coefficient (Wildman–Crippen LogP) is 1.74. The number of rotatable bonds is 7. The molecular formula is C14H20N2O5. The van der Waals surface area contributed by atoms with Crippen molar-refractivity contribution in [3.8, 4) is 5.75 Å². The van der Waals surface area contributed by atoms with Crippen LogP contribution in [0.3, 0.4) is 0 Å². The lowest BCUT2D eigenvalue weighted by atomic mass is 10.1. The molecule has 0 saturated carbocycles. The summed E-state index contributed by atoms with van der Waals surface area (Å²) in [5, 5.41) is 13.6. The van der Waals surface area contributed by atoms with Crippen LogP contribution in [-0.2, 0) is 9.53 Å². The van der Waals surface area contributed by atoms with E-state index in [1.165, 1.54) is 6.07 Å². The largest absolute Gasteiger partial charge is 0.483 e. The quantitative estimate of drug-likeness (QED) is 0.611. The summed E-state index contributed by atoms with van der Waals surface area (Å²) in [5.41, 5.74) is 1.14. The lowest BCUT2D eigenvalue weighted by Crippen LogP contribution is -2.38. The predicted molar refractivity (Wildman–Crippen MR) is 77.5 cm³/mol.